The van der Waals surface area contributed by atoms with Crippen LogP contribution < -0.4 is 5.32 Å². The Balaban J connectivity index is 1.51. The Kier molecular flexibility index (Phi) is 7.49. The molecule has 0 fully saturated rings. The second-order valence-electron chi connectivity index (χ2n) is 7.97. The SMILES string of the molecule is O=C(NCc1ccco1)c1coc(CN(Cc2cccc(C(F)(F)F)c2)Cc2ccc(F)cc2F)n1. The maximum Gasteiger partial charge on any atom is 0.416 e. The number of benzene rings is 2. The van der Waals surface area contributed by atoms with E-state index in [2.05, 4.69) is 10.3 Å². The van der Waals surface area contributed by atoms with Crippen molar-refractivity contribution in [3.05, 3.63) is 113 Å². The lowest BCUT2D eigenvalue weighted by Gasteiger charge is -2.22. The highest BCUT2D eigenvalue weighted by Crippen LogP contribution is 2.30. The van der Waals surface area contributed by atoms with Gasteiger partial charge < -0.3 is 14.2 Å². The molecule has 6 nitrogen and oxygen atoms in total. The van der Waals surface area contributed by atoms with Crippen molar-refractivity contribution in [2.24, 2.45) is 0 Å². The predicted molar refractivity (Wildman–Crippen MR) is 117 cm³/mol. The van der Waals surface area contributed by atoms with Crippen LogP contribution in [0.1, 0.15) is 38.8 Å². The van der Waals surface area contributed by atoms with E-state index in [1.165, 1.54) is 24.5 Å². The summed E-state index contributed by atoms with van der Waals surface area (Å²) in [6, 6.07) is 11.2. The van der Waals surface area contributed by atoms with Gasteiger partial charge in [0.2, 0.25) is 5.89 Å². The molecule has 36 heavy (non-hydrogen) atoms. The Hall–Kier alpha value is -3.99. The first-order valence-corrected chi connectivity index (χ1v) is 10.7. The van der Waals surface area contributed by atoms with Crippen molar-refractivity contribution in [3.8, 4) is 0 Å². The standard InChI is InChI=1S/C25H20F5N3O3/c26-19-7-6-17(21(27)10-19)13-33(12-16-3-1-4-18(9-16)25(28,29)30)14-23-32-22(15-36-23)24(34)31-11-20-5-2-8-35-20/h1-10,15H,11-14H2,(H,31,34). The van der Waals surface area contributed by atoms with Crippen LogP contribution in [0.3, 0.4) is 0 Å². The first kappa shape index (κ1) is 25.1. The van der Waals surface area contributed by atoms with Crippen LogP contribution in [0, 0.1) is 11.6 Å². The Morgan fingerprint density at radius 1 is 0.972 bits per heavy atom. The van der Waals surface area contributed by atoms with E-state index in [4.69, 9.17) is 8.83 Å². The molecule has 0 aliphatic carbocycles. The van der Waals surface area contributed by atoms with Crippen LogP contribution in [0.4, 0.5) is 22.0 Å². The van der Waals surface area contributed by atoms with Gasteiger partial charge in [0.15, 0.2) is 5.69 Å². The monoisotopic (exact) mass is 505 g/mol. The third-order valence-corrected chi connectivity index (χ3v) is 5.22. The number of rotatable bonds is 9. The molecule has 0 spiro atoms. The van der Waals surface area contributed by atoms with Crippen LogP contribution in [0.15, 0.2) is 76.0 Å². The molecule has 2 aromatic heterocycles. The Morgan fingerprint density at radius 3 is 2.53 bits per heavy atom. The van der Waals surface area contributed by atoms with Gasteiger partial charge in [-0.05, 0) is 29.8 Å². The molecule has 0 saturated carbocycles. The molecule has 188 valence electrons. The lowest BCUT2D eigenvalue weighted by Crippen LogP contribution is -2.24. The van der Waals surface area contributed by atoms with Crippen molar-refractivity contribution in [2.45, 2.75) is 32.4 Å². The molecule has 11 heteroatoms. The average Bonchev–Trinajstić information content (AvgIpc) is 3.51. The number of hydrogen-bond acceptors (Lipinski definition) is 5. The number of nitrogens with zero attached hydrogens (tertiary/aromatic N) is 2. The third kappa shape index (κ3) is 6.57. The zero-order chi connectivity index (χ0) is 25.7. The fraction of sp³-hybridized carbons (Fsp3) is 0.200. The van der Waals surface area contributed by atoms with Crippen LogP contribution in [0.25, 0.3) is 0 Å². The number of carbonyl (C=O) groups is 1. The molecule has 0 aliphatic heterocycles. The number of halogens is 5. The minimum absolute atomic E-state index is 0.0106. The molecule has 2 aromatic carbocycles. The average molecular weight is 505 g/mol. The number of alkyl halides is 3. The zero-order valence-corrected chi connectivity index (χ0v) is 18.7. The van der Waals surface area contributed by atoms with Crippen LogP contribution in [0.5, 0.6) is 0 Å². The summed E-state index contributed by atoms with van der Waals surface area (Å²) < 4.78 is 77.6. The van der Waals surface area contributed by atoms with E-state index < -0.39 is 29.3 Å². The fourth-order valence-electron chi connectivity index (χ4n) is 3.51. The molecule has 0 aliphatic rings. The topological polar surface area (TPSA) is 71.5 Å². The van der Waals surface area contributed by atoms with Crippen molar-refractivity contribution in [1.29, 1.82) is 0 Å². The Bertz CT molecular complexity index is 1320. The van der Waals surface area contributed by atoms with Crippen LogP contribution >= 0.6 is 0 Å². The van der Waals surface area contributed by atoms with E-state index >= 15 is 0 Å². The molecule has 2 heterocycles. The maximum absolute atomic E-state index is 14.3. The van der Waals surface area contributed by atoms with Crippen molar-refractivity contribution < 1.29 is 35.6 Å². The molecule has 0 bridgehead atoms. The Morgan fingerprint density at radius 2 is 1.81 bits per heavy atom. The van der Waals surface area contributed by atoms with E-state index in [0.717, 1.165) is 30.5 Å². The Labute approximate surface area is 202 Å². The summed E-state index contributed by atoms with van der Waals surface area (Å²) in [7, 11) is 0. The molecule has 1 N–H and O–H groups in total. The first-order valence-electron chi connectivity index (χ1n) is 10.7. The summed E-state index contributed by atoms with van der Waals surface area (Å²) in [4.78, 5) is 18.1. The lowest BCUT2D eigenvalue weighted by molar-refractivity contribution is -0.137. The summed E-state index contributed by atoms with van der Waals surface area (Å²) in [6.07, 6.45) is -1.91. The quantitative estimate of drug-likeness (QED) is 0.296. The number of furan rings is 1. The maximum atomic E-state index is 14.3. The zero-order valence-electron chi connectivity index (χ0n) is 18.7. The molecule has 0 radical (unpaired) electrons. The lowest BCUT2D eigenvalue weighted by atomic mass is 10.1. The molecule has 0 unspecified atom stereocenters. The highest BCUT2D eigenvalue weighted by molar-refractivity contribution is 5.91. The highest BCUT2D eigenvalue weighted by Gasteiger charge is 2.30. The number of aromatic nitrogens is 1. The second kappa shape index (κ2) is 10.7. The number of carbonyl (C=O) groups excluding carboxylic acids is 1. The van der Waals surface area contributed by atoms with Crippen molar-refractivity contribution in [1.82, 2.24) is 15.2 Å². The van der Waals surface area contributed by atoms with Gasteiger partial charge in [-0.25, -0.2) is 13.8 Å². The fourth-order valence-corrected chi connectivity index (χ4v) is 3.51. The van der Waals surface area contributed by atoms with E-state index in [-0.39, 0.29) is 43.3 Å². The first-order chi connectivity index (χ1) is 17.2. The van der Waals surface area contributed by atoms with Gasteiger partial charge in [0.05, 0.1) is 24.9 Å². The second-order valence-corrected chi connectivity index (χ2v) is 7.97. The van der Waals surface area contributed by atoms with Crippen molar-refractivity contribution in [2.75, 3.05) is 0 Å². The van der Waals surface area contributed by atoms with E-state index in [0.29, 0.717) is 11.3 Å². The van der Waals surface area contributed by atoms with E-state index in [1.807, 2.05) is 0 Å². The summed E-state index contributed by atoms with van der Waals surface area (Å²) in [5, 5.41) is 2.62. The molecule has 4 rings (SSSR count). The van der Waals surface area contributed by atoms with Gasteiger partial charge in [-0.3, -0.25) is 9.69 Å². The summed E-state index contributed by atoms with van der Waals surface area (Å²) >= 11 is 0. The van der Waals surface area contributed by atoms with Crippen LogP contribution in [0.2, 0.25) is 0 Å². The molecule has 0 atom stereocenters. The third-order valence-electron chi connectivity index (χ3n) is 5.22. The van der Waals surface area contributed by atoms with E-state index in [9.17, 15) is 26.7 Å². The van der Waals surface area contributed by atoms with Gasteiger partial charge in [-0.15, -0.1) is 0 Å². The van der Waals surface area contributed by atoms with Gasteiger partial charge in [-0.2, -0.15) is 13.2 Å². The van der Waals surface area contributed by atoms with Gasteiger partial charge in [0, 0.05) is 24.7 Å². The molecular weight excluding hydrogens is 485 g/mol. The molecule has 4 aromatic rings. The van der Waals surface area contributed by atoms with Crippen LogP contribution in [-0.2, 0) is 32.4 Å². The van der Waals surface area contributed by atoms with Gasteiger partial charge in [0.1, 0.15) is 23.7 Å². The van der Waals surface area contributed by atoms with Gasteiger partial charge >= 0.3 is 6.18 Å². The molecule has 1 amide bonds. The van der Waals surface area contributed by atoms with Crippen LogP contribution in [-0.4, -0.2) is 15.8 Å². The minimum atomic E-state index is -4.52. The number of oxazole rings is 1. The summed E-state index contributed by atoms with van der Waals surface area (Å²) in [6.45, 7) is -0.0219. The largest absolute Gasteiger partial charge is 0.467 e. The minimum Gasteiger partial charge on any atom is -0.467 e. The number of nitrogens with one attached hydrogen (secondary N) is 1. The molecule has 0 saturated heterocycles. The van der Waals surface area contributed by atoms with Crippen molar-refractivity contribution in [3.63, 3.8) is 0 Å². The number of amides is 1. The van der Waals surface area contributed by atoms with Crippen molar-refractivity contribution >= 4 is 5.91 Å². The summed E-state index contributed by atoms with van der Waals surface area (Å²) in [5.74, 6) is -1.43. The predicted octanol–water partition coefficient (Wildman–Crippen LogP) is 5.70. The summed E-state index contributed by atoms with van der Waals surface area (Å²) in [5.41, 5.74) is -0.384. The van der Waals surface area contributed by atoms with E-state index in [1.54, 1.807) is 17.0 Å². The highest BCUT2D eigenvalue weighted by atomic mass is 19.4. The number of hydrogen-bond donors (Lipinski definition) is 1. The van der Waals surface area contributed by atoms with Gasteiger partial charge in [-0.1, -0.05) is 24.3 Å². The normalized spacial score (nSPS) is 11.7. The van der Waals surface area contributed by atoms with Gasteiger partial charge in [0.25, 0.3) is 5.91 Å². The molecular formula is C25H20F5N3O3. The smallest absolute Gasteiger partial charge is 0.416 e.